The van der Waals surface area contributed by atoms with E-state index in [4.69, 9.17) is 0 Å². The van der Waals surface area contributed by atoms with Crippen molar-refractivity contribution in [2.75, 3.05) is 0 Å². The molecule has 0 aromatic heterocycles. The number of hydrogen-bond acceptors (Lipinski definition) is 3. The van der Waals surface area contributed by atoms with Crippen LogP contribution in [0.1, 0.15) is 10.4 Å². The number of carbonyl (C=O) groups is 1. The number of benzene rings is 2. The molecule has 3 heteroatoms. The second-order valence-corrected chi connectivity index (χ2v) is 3.44. The molecule has 2 N–H and O–H groups in total. The minimum Gasteiger partial charge on any atom is -0.508 e. The van der Waals surface area contributed by atoms with E-state index in [-0.39, 0.29) is 11.5 Å². The average molecular weight is 214 g/mol. The fraction of sp³-hybridized carbons (Fsp3) is 0. The molecule has 80 valence electrons. The molecule has 0 amide bonds. The highest BCUT2D eigenvalue weighted by Crippen LogP contribution is 2.31. The number of rotatable bonds is 2. The van der Waals surface area contributed by atoms with Crippen molar-refractivity contribution in [2.45, 2.75) is 0 Å². The lowest BCUT2D eigenvalue weighted by molar-refractivity contribution is 0.112. The largest absolute Gasteiger partial charge is 0.508 e. The van der Waals surface area contributed by atoms with E-state index in [2.05, 4.69) is 0 Å². The number of carbonyl (C=O) groups excluding carboxylic acids is 1. The summed E-state index contributed by atoms with van der Waals surface area (Å²) in [5, 5.41) is 19.0. The third kappa shape index (κ3) is 1.88. The Morgan fingerprint density at radius 3 is 2.25 bits per heavy atom. The summed E-state index contributed by atoms with van der Waals surface area (Å²) >= 11 is 0. The first-order valence-electron chi connectivity index (χ1n) is 4.78. The molecule has 0 saturated carbocycles. The van der Waals surface area contributed by atoms with Gasteiger partial charge in [0.15, 0.2) is 0 Å². The average Bonchev–Trinajstić information content (AvgIpc) is 2.32. The maximum atomic E-state index is 10.5. The van der Waals surface area contributed by atoms with Crippen molar-refractivity contribution in [2.24, 2.45) is 0 Å². The van der Waals surface area contributed by atoms with Crippen LogP contribution in [0.4, 0.5) is 0 Å². The fourth-order valence-corrected chi connectivity index (χ4v) is 1.50. The Balaban J connectivity index is 2.49. The highest BCUT2D eigenvalue weighted by Gasteiger charge is 2.05. The zero-order chi connectivity index (χ0) is 11.5. The molecule has 2 aromatic carbocycles. The van der Waals surface area contributed by atoms with Crippen LogP contribution in [0.15, 0.2) is 42.5 Å². The summed E-state index contributed by atoms with van der Waals surface area (Å²) in [5.41, 5.74) is 1.86. The highest BCUT2D eigenvalue weighted by atomic mass is 16.3. The van der Waals surface area contributed by atoms with E-state index in [0.29, 0.717) is 11.1 Å². The quantitative estimate of drug-likeness (QED) is 0.596. The van der Waals surface area contributed by atoms with Gasteiger partial charge in [-0.3, -0.25) is 4.79 Å². The number of aromatic hydroxyl groups is 2. The standard InChI is InChI=1S/C13H10O3/c14-8-9-1-3-10(4-2-9)12-7-11(15)5-6-13(12)16/h1-8,15-16H. The van der Waals surface area contributed by atoms with Crippen molar-refractivity contribution in [3.8, 4) is 22.6 Å². The fourth-order valence-electron chi connectivity index (χ4n) is 1.50. The summed E-state index contributed by atoms with van der Waals surface area (Å²) in [7, 11) is 0. The zero-order valence-corrected chi connectivity index (χ0v) is 8.42. The minimum absolute atomic E-state index is 0.0901. The van der Waals surface area contributed by atoms with Crippen molar-refractivity contribution in [1.29, 1.82) is 0 Å². The molecule has 0 bridgehead atoms. The minimum atomic E-state index is 0.0901. The molecule has 0 aliphatic carbocycles. The predicted molar refractivity (Wildman–Crippen MR) is 60.6 cm³/mol. The molecule has 0 atom stereocenters. The number of aldehydes is 1. The van der Waals surface area contributed by atoms with Crippen LogP contribution in [-0.4, -0.2) is 16.5 Å². The van der Waals surface area contributed by atoms with Crippen LogP contribution in [0.25, 0.3) is 11.1 Å². The lowest BCUT2D eigenvalue weighted by Crippen LogP contribution is -1.82. The summed E-state index contributed by atoms with van der Waals surface area (Å²) < 4.78 is 0. The molecule has 0 unspecified atom stereocenters. The van der Waals surface area contributed by atoms with Crippen LogP contribution in [0.3, 0.4) is 0 Å². The van der Waals surface area contributed by atoms with Gasteiger partial charge < -0.3 is 10.2 Å². The lowest BCUT2D eigenvalue weighted by Gasteiger charge is -2.05. The van der Waals surface area contributed by atoms with Gasteiger partial charge in [-0.25, -0.2) is 0 Å². The van der Waals surface area contributed by atoms with Crippen LogP contribution in [0.2, 0.25) is 0 Å². The van der Waals surface area contributed by atoms with Gasteiger partial charge in [-0.2, -0.15) is 0 Å². The van der Waals surface area contributed by atoms with Crippen LogP contribution in [0.5, 0.6) is 11.5 Å². The second-order valence-electron chi connectivity index (χ2n) is 3.44. The summed E-state index contributed by atoms with van der Waals surface area (Å²) in [6.45, 7) is 0. The summed E-state index contributed by atoms with van der Waals surface area (Å²) in [5.74, 6) is 0.184. The summed E-state index contributed by atoms with van der Waals surface area (Å²) in [4.78, 5) is 10.5. The lowest BCUT2D eigenvalue weighted by atomic mass is 10.0. The first kappa shape index (κ1) is 10.2. The van der Waals surface area contributed by atoms with Gasteiger partial charge in [0, 0.05) is 11.1 Å². The summed E-state index contributed by atoms with van der Waals surface area (Å²) in [6, 6.07) is 11.1. The molecule has 2 aromatic rings. The van der Waals surface area contributed by atoms with E-state index in [9.17, 15) is 15.0 Å². The Morgan fingerprint density at radius 2 is 1.62 bits per heavy atom. The van der Waals surface area contributed by atoms with Gasteiger partial charge in [0.2, 0.25) is 0 Å². The first-order chi connectivity index (χ1) is 7.70. The van der Waals surface area contributed by atoms with E-state index in [1.807, 2.05) is 0 Å². The van der Waals surface area contributed by atoms with Crippen molar-refractivity contribution in [3.63, 3.8) is 0 Å². The van der Waals surface area contributed by atoms with Gasteiger partial charge in [-0.1, -0.05) is 24.3 Å². The molecule has 2 rings (SSSR count). The molecular formula is C13H10O3. The van der Waals surface area contributed by atoms with E-state index >= 15 is 0 Å². The van der Waals surface area contributed by atoms with E-state index in [1.165, 1.54) is 18.2 Å². The Kier molecular flexibility index (Phi) is 2.60. The Bertz CT molecular complexity index is 515. The van der Waals surface area contributed by atoms with Gasteiger partial charge in [0.1, 0.15) is 17.8 Å². The van der Waals surface area contributed by atoms with E-state index < -0.39 is 0 Å². The summed E-state index contributed by atoms with van der Waals surface area (Å²) in [6.07, 6.45) is 0.756. The Hall–Kier alpha value is -2.29. The molecular weight excluding hydrogens is 204 g/mol. The van der Waals surface area contributed by atoms with Gasteiger partial charge >= 0.3 is 0 Å². The number of phenolic OH excluding ortho intramolecular Hbond substituents is 2. The predicted octanol–water partition coefficient (Wildman–Crippen LogP) is 2.58. The molecule has 0 saturated heterocycles. The normalized spacial score (nSPS) is 10.0. The molecule has 0 spiro atoms. The van der Waals surface area contributed by atoms with Crippen molar-refractivity contribution < 1.29 is 15.0 Å². The second kappa shape index (κ2) is 4.06. The van der Waals surface area contributed by atoms with Crippen molar-refractivity contribution in [3.05, 3.63) is 48.0 Å². The molecule has 16 heavy (non-hydrogen) atoms. The van der Waals surface area contributed by atoms with E-state index in [0.717, 1.165) is 11.8 Å². The zero-order valence-electron chi connectivity index (χ0n) is 8.42. The highest BCUT2D eigenvalue weighted by molar-refractivity contribution is 5.78. The van der Waals surface area contributed by atoms with Crippen LogP contribution in [-0.2, 0) is 0 Å². The molecule has 0 radical (unpaired) electrons. The van der Waals surface area contributed by atoms with Gasteiger partial charge in [-0.05, 0) is 23.8 Å². The molecule has 3 nitrogen and oxygen atoms in total. The third-order valence-corrected chi connectivity index (χ3v) is 2.34. The third-order valence-electron chi connectivity index (χ3n) is 2.34. The van der Waals surface area contributed by atoms with Gasteiger partial charge in [0.05, 0.1) is 0 Å². The maximum absolute atomic E-state index is 10.5. The SMILES string of the molecule is O=Cc1ccc(-c2cc(O)ccc2O)cc1. The number of hydrogen-bond donors (Lipinski definition) is 2. The van der Waals surface area contributed by atoms with Gasteiger partial charge in [0.25, 0.3) is 0 Å². The van der Waals surface area contributed by atoms with E-state index in [1.54, 1.807) is 24.3 Å². The number of phenols is 2. The van der Waals surface area contributed by atoms with Crippen molar-refractivity contribution in [1.82, 2.24) is 0 Å². The van der Waals surface area contributed by atoms with Crippen molar-refractivity contribution >= 4 is 6.29 Å². The van der Waals surface area contributed by atoms with Crippen LogP contribution in [0, 0.1) is 0 Å². The Labute approximate surface area is 92.6 Å². The first-order valence-corrected chi connectivity index (χ1v) is 4.78. The van der Waals surface area contributed by atoms with Crippen LogP contribution < -0.4 is 0 Å². The molecule has 0 aliphatic heterocycles. The smallest absolute Gasteiger partial charge is 0.150 e. The monoisotopic (exact) mass is 214 g/mol. The van der Waals surface area contributed by atoms with Crippen LogP contribution >= 0.6 is 0 Å². The molecule has 0 fully saturated rings. The topological polar surface area (TPSA) is 57.5 Å². The Morgan fingerprint density at radius 1 is 0.938 bits per heavy atom. The molecule has 0 aliphatic rings. The van der Waals surface area contributed by atoms with Gasteiger partial charge in [-0.15, -0.1) is 0 Å². The maximum Gasteiger partial charge on any atom is 0.150 e. The molecule has 0 heterocycles.